The Labute approximate surface area is 129 Å². The van der Waals surface area contributed by atoms with E-state index in [0.717, 1.165) is 35.6 Å². The lowest BCUT2D eigenvalue weighted by molar-refractivity contribution is 0.657. The minimum absolute atomic E-state index is 0.107. The van der Waals surface area contributed by atoms with Gasteiger partial charge in [-0.1, -0.05) is 0 Å². The summed E-state index contributed by atoms with van der Waals surface area (Å²) in [5.41, 5.74) is 12.1. The molecule has 2 aromatic rings. The van der Waals surface area contributed by atoms with E-state index in [2.05, 4.69) is 24.8 Å². The molecular weight excluding hydrogens is 283 g/mol. The van der Waals surface area contributed by atoms with Crippen LogP contribution in [0.5, 0.6) is 0 Å². The van der Waals surface area contributed by atoms with Crippen molar-refractivity contribution in [3.63, 3.8) is 0 Å². The molecule has 1 aromatic heterocycles. The molecule has 0 fully saturated rings. The fraction of sp³-hybridized carbons (Fsp3) is 0.412. The van der Waals surface area contributed by atoms with Crippen LogP contribution in [0.15, 0.2) is 18.2 Å². The second-order valence-electron chi connectivity index (χ2n) is 5.81. The third kappa shape index (κ3) is 2.77. The number of nitrogens with two attached hydrogens (primary N) is 1. The van der Waals surface area contributed by atoms with E-state index in [0.29, 0.717) is 0 Å². The zero-order chi connectivity index (χ0) is 15.0. The molecule has 0 unspecified atom stereocenters. The van der Waals surface area contributed by atoms with Crippen molar-refractivity contribution in [2.75, 3.05) is 17.2 Å². The van der Waals surface area contributed by atoms with Crippen molar-refractivity contribution in [3.8, 4) is 0 Å². The zero-order valence-corrected chi connectivity index (χ0v) is 13.4. The van der Waals surface area contributed by atoms with Crippen LogP contribution in [-0.4, -0.2) is 6.54 Å². The molecule has 0 amide bonds. The van der Waals surface area contributed by atoms with Crippen molar-refractivity contribution >= 4 is 22.7 Å². The average molecular weight is 304 g/mol. The molecule has 0 bridgehead atoms. The van der Waals surface area contributed by atoms with Crippen molar-refractivity contribution in [2.24, 2.45) is 0 Å². The summed E-state index contributed by atoms with van der Waals surface area (Å²) in [5.74, 6) is 0. The summed E-state index contributed by atoms with van der Waals surface area (Å²) in [6.45, 7) is 5.99. The standard InChI is InChI=1S/C17H21FN2S/c1-11-9-15-14(12(2)17(11)19)5-3-4-8-20(15)10-13-6-7-16(18)21-13/h6-7,9H,3-5,8,10,19H2,1-2H3. The van der Waals surface area contributed by atoms with Crippen molar-refractivity contribution in [1.29, 1.82) is 0 Å². The highest BCUT2D eigenvalue weighted by atomic mass is 32.1. The van der Waals surface area contributed by atoms with Gasteiger partial charge in [-0.2, -0.15) is 4.39 Å². The third-order valence-electron chi connectivity index (χ3n) is 4.36. The number of nitrogens with zero attached hydrogens (tertiary/aromatic N) is 1. The monoisotopic (exact) mass is 304 g/mol. The average Bonchev–Trinajstić information content (AvgIpc) is 2.76. The van der Waals surface area contributed by atoms with E-state index in [1.165, 1.54) is 41.0 Å². The maximum absolute atomic E-state index is 13.2. The van der Waals surface area contributed by atoms with E-state index in [1.807, 2.05) is 6.07 Å². The van der Waals surface area contributed by atoms with Gasteiger partial charge in [0.1, 0.15) is 0 Å². The maximum atomic E-state index is 13.2. The van der Waals surface area contributed by atoms with Gasteiger partial charge < -0.3 is 10.6 Å². The Morgan fingerprint density at radius 2 is 2.10 bits per heavy atom. The number of thiophene rings is 1. The Morgan fingerprint density at radius 1 is 1.29 bits per heavy atom. The summed E-state index contributed by atoms with van der Waals surface area (Å²) in [7, 11) is 0. The fourth-order valence-electron chi connectivity index (χ4n) is 3.13. The van der Waals surface area contributed by atoms with Crippen LogP contribution in [0, 0.1) is 19.0 Å². The van der Waals surface area contributed by atoms with Crippen LogP contribution in [0.25, 0.3) is 0 Å². The zero-order valence-electron chi connectivity index (χ0n) is 12.6. The largest absolute Gasteiger partial charge is 0.398 e. The summed E-state index contributed by atoms with van der Waals surface area (Å²) in [4.78, 5) is 3.46. The Balaban J connectivity index is 2.00. The molecule has 0 atom stereocenters. The SMILES string of the molecule is Cc1cc2c(c(C)c1N)CCCCN2Cc1ccc(F)s1. The molecule has 2 N–H and O–H groups in total. The smallest absolute Gasteiger partial charge is 0.176 e. The number of hydrogen-bond donors (Lipinski definition) is 1. The van der Waals surface area contributed by atoms with Gasteiger partial charge in [0.25, 0.3) is 0 Å². The van der Waals surface area contributed by atoms with Crippen LogP contribution in [0.2, 0.25) is 0 Å². The maximum Gasteiger partial charge on any atom is 0.176 e. The van der Waals surface area contributed by atoms with Crippen LogP contribution in [0.1, 0.15) is 34.4 Å². The molecule has 0 spiro atoms. The lowest BCUT2D eigenvalue weighted by Gasteiger charge is -2.26. The van der Waals surface area contributed by atoms with E-state index in [-0.39, 0.29) is 5.13 Å². The molecule has 4 heteroatoms. The van der Waals surface area contributed by atoms with Gasteiger partial charge in [-0.25, -0.2) is 0 Å². The minimum atomic E-state index is -0.107. The summed E-state index contributed by atoms with van der Waals surface area (Å²) in [5, 5.41) is -0.107. The molecule has 1 aliphatic heterocycles. The molecule has 1 aliphatic rings. The molecule has 2 nitrogen and oxygen atoms in total. The second kappa shape index (κ2) is 5.68. The number of fused-ring (bicyclic) bond motifs is 1. The molecule has 21 heavy (non-hydrogen) atoms. The van der Waals surface area contributed by atoms with E-state index in [1.54, 1.807) is 6.07 Å². The lowest BCUT2D eigenvalue weighted by atomic mass is 9.97. The molecule has 0 saturated heterocycles. The van der Waals surface area contributed by atoms with E-state index in [4.69, 9.17) is 5.73 Å². The lowest BCUT2D eigenvalue weighted by Crippen LogP contribution is -2.23. The Kier molecular flexibility index (Phi) is 3.89. The Morgan fingerprint density at radius 3 is 2.81 bits per heavy atom. The van der Waals surface area contributed by atoms with Gasteiger partial charge in [-0.05, 0) is 68.0 Å². The first kappa shape index (κ1) is 14.4. The van der Waals surface area contributed by atoms with Crippen molar-refractivity contribution in [2.45, 2.75) is 39.7 Å². The van der Waals surface area contributed by atoms with Crippen LogP contribution < -0.4 is 10.6 Å². The van der Waals surface area contributed by atoms with Gasteiger partial charge in [0.2, 0.25) is 0 Å². The second-order valence-corrected chi connectivity index (χ2v) is 6.93. The number of anilines is 2. The van der Waals surface area contributed by atoms with Crippen LogP contribution in [0.3, 0.4) is 0 Å². The molecule has 2 heterocycles. The van der Waals surface area contributed by atoms with Gasteiger partial charge in [0.05, 0.1) is 6.54 Å². The number of benzene rings is 1. The highest BCUT2D eigenvalue weighted by Gasteiger charge is 2.20. The number of aryl methyl sites for hydroxylation is 1. The Hall–Kier alpha value is -1.55. The first-order valence-electron chi connectivity index (χ1n) is 7.44. The topological polar surface area (TPSA) is 29.3 Å². The summed E-state index contributed by atoms with van der Waals surface area (Å²) in [6, 6.07) is 5.65. The third-order valence-corrected chi connectivity index (χ3v) is 5.22. The summed E-state index contributed by atoms with van der Waals surface area (Å²) < 4.78 is 13.2. The van der Waals surface area contributed by atoms with Crippen LogP contribution in [-0.2, 0) is 13.0 Å². The molecule has 0 radical (unpaired) electrons. The predicted octanol–water partition coefficient (Wildman–Crippen LogP) is 4.43. The van der Waals surface area contributed by atoms with Gasteiger partial charge in [-0.15, -0.1) is 11.3 Å². The van der Waals surface area contributed by atoms with Gasteiger partial charge in [0.15, 0.2) is 5.13 Å². The highest BCUT2D eigenvalue weighted by molar-refractivity contribution is 7.10. The summed E-state index contributed by atoms with van der Waals surface area (Å²) in [6.07, 6.45) is 3.44. The van der Waals surface area contributed by atoms with Crippen molar-refractivity contribution in [3.05, 3.63) is 44.9 Å². The van der Waals surface area contributed by atoms with Gasteiger partial charge in [-0.3, -0.25) is 0 Å². The number of rotatable bonds is 2. The van der Waals surface area contributed by atoms with E-state index >= 15 is 0 Å². The van der Waals surface area contributed by atoms with Crippen LogP contribution in [0.4, 0.5) is 15.8 Å². The molecule has 3 rings (SSSR count). The van der Waals surface area contributed by atoms with Crippen molar-refractivity contribution in [1.82, 2.24) is 0 Å². The molecular formula is C17H21FN2S. The van der Waals surface area contributed by atoms with Gasteiger partial charge >= 0.3 is 0 Å². The first-order chi connectivity index (χ1) is 10.1. The van der Waals surface area contributed by atoms with E-state index in [9.17, 15) is 4.39 Å². The number of nitrogen functional groups attached to an aromatic ring is 1. The minimum Gasteiger partial charge on any atom is -0.398 e. The summed E-state index contributed by atoms with van der Waals surface area (Å²) >= 11 is 1.24. The van der Waals surface area contributed by atoms with Gasteiger partial charge in [0, 0.05) is 22.8 Å². The highest BCUT2D eigenvalue weighted by Crippen LogP contribution is 2.35. The quantitative estimate of drug-likeness (QED) is 0.832. The van der Waals surface area contributed by atoms with E-state index < -0.39 is 0 Å². The molecule has 112 valence electrons. The normalized spacial score (nSPS) is 14.9. The molecule has 0 aliphatic carbocycles. The van der Waals surface area contributed by atoms with Crippen molar-refractivity contribution < 1.29 is 4.39 Å². The molecule has 0 saturated carbocycles. The number of hydrogen-bond acceptors (Lipinski definition) is 3. The first-order valence-corrected chi connectivity index (χ1v) is 8.25. The number of halogens is 1. The van der Waals surface area contributed by atoms with Crippen LogP contribution >= 0.6 is 11.3 Å². The Bertz CT molecular complexity index is 663. The predicted molar refractivity (Wildman–Crippen MR) is 88.6 cm³/mol. The fourth-order valence-corrected chi connectivity index (χ4v) is 3.88. The molecule has 1 aromatic carbocycles.